The zero-order valence-electron chi connectivity index (χ0n) is 21.1. The first-order valence-corrected chi connectivity index (χ1v) is 11.4. The lowest BCUT2D eigenvalue weighted by Crippen LogP contribution is -2.43. The van der Waals surface area contributed by atoms with Crippen molar-refractivity contribution in [1.82, 2.24) is 0 Å². The number of esters is 2. The van der Waals surface area contributed by atoms with E-state index in [2.05, 4.69) is 0 Å². The van der Waals surface area contributed by atoms with E-state index in [1.165, 1.54) is 42.7 Å². The Balaban J connectivity index is 1.79. The van der Waals surface area contributed by atoms with Gasteiger partial charge in [0.2, 0.25) is 11.5 Å². The second-order valence-electron chi connectivity index (χ2n) is 8.47. The fourth-order valence-corrected chi connectivity index (χ4v) is 5.07. The second kappa shape index (κ2) is 10.4. The number of rotatable bonds is 8. The van der Waals surface area contributed by atoms with Gasteiger partial charge in [0, 0.05) is 23.0 Å². The van der Waals surface area contributed by atoms with Crippen LogP contribution in [0.1, 0.15) is 36.2 Å². The summed E-state index contributed by atoms with van der Waals surface area (Å²) >= 11 is 0. The van der Waals surface area contributed by atoms with E-state index in [-0.39, 0.29) is 24.7 Å². The standard InChI is InChI=1S/C26H30O10/c1-29-17-7-13(8-18(30-2)25(17)33-5)23-15-11-22(28)36-24(16(15)12-21(27)35-23)14-9-19(31-3)26(34-6)20(10-14)32-4/h7-10,15-16,23-24H,11-12H2,1-6H3/t15-,16-,23+,24+/m0/s1. The van der Waals surface area contributed by atoms with Crippen LogP contribution in [0.2, 0.25) is 0 Å². The van der Waals surface area contributed by atoms with Crippen molar-refractivity contribution in [1.29, 1.82) is 0 Å². The maximum absolute atomic E-state index is 12.8. The first-order chi connectivity index (χ1) is 17.4. The lowest BCUT2D eigenvalue weighted by atomic mass is 9.72. The Bertz CT molecular complexity index is 1000. The molecule has 10 nitrogen and oxygen atoms in total. The van der Waals surface area contributed by atoms with Crippen molar-refractivity contribution in [2.75, 3.05) is 42.7 Å². The van der Waals surface area contributed by atoms with E-state index >= 15 is 0 Å². The summed E-state index contributed by atoms with van der Waals surface area (Å²) < 4.78 is 44.4. The predicted octanol–water partition coefficient (Wildman–Crippen LogP) is 3.65. The molecule has 0 aliphatic carbocycles. The van der Waals surface area contributed by atoms with E-state index < -0.39 is 24.1 Å². The average molecular weight is 503 g/mol. The van der Waals surface area contributed by atoms with Crippen LogP contribution in [-0.2, 0) is 19.1 Å². The Labute approximate surface area is 209 Å². The first kappa shape index (κ1) is 25.3. The molecular weight excluding hydrogens is 472 g/mol. The molecule has 0 radical (unpaired) electrons. The maximum atomic E-state index is 12.8. The highest BCUT2D eigenvalue weighted by Crippen LogP contribution is 2.53. The highest BCUT2D eigenvalue weighted by Gasteiger charge is 2.49. The zero-order valence-corrected chi connectivity index (χ0v) is 21.1. The van der Waals surface area contributed by atoms with Crippen molar-refractivity contribution in [3.05, 3.63) is 35.4 Å². The highest BCUT2D eigenvalue weighted by atomic mass is 16.6. The van der Waals surface area contributed by atoms with Crippen LogP contribution in [0.4, 0.5) is 0 Å². The van der Waals surface area contributed by atoms with Gasteiger partial charge in [-0.2, -0.15) is 0 Å². The molecule has 0 amide bonds. The number of hydrogen-bond acceptors (Lipinski definition) is 10. The van der Waals surface area contributed by atoms with Gasteiger partial charge in [0.15, 0.2) is 23.0 Å². The molecule has 0 spiro atoms. The van der Waals surface area contributed by atoms with Gasteiger partial charge in [0.05, 0.1) is 55.5 Å². The molecule has 4 rings (SSSR count). The minimum absolute atomic E-state index is 0.0835. The molecule has 2 aliphatic heterocycles. The predicted molar refractivity (Wildman–Crippen MR) is 126 cm³/mol. The molecule has 2 heterocycles. The lowest BCUT2D eigenvalue weighted by molar-refractivity contribution is -0.191. The summed E-state index contributed by atoms with van der Waals surface area (Å²) in [6.07, 6.45) is -1.27. The number of benzene rings is 2. The highest BCUT2D eigenvalue weighted by molar-refractivity contribution is 5.75. The van der Waals surface area contributed by atoms with E-state index in [1.54, 1.807) is 24.3 Å². The number of methoxy groups -OCH3 is 6. The smallest absolute Gasteiger partial charge is 0.306 e. The van der Waals surface area contributed by atoms with Crippen LogP contribution in [-0.4, -0.2) is 54.6 Å². The Morgan fingerprint density at radius 2 is 0.861 bits per heavy atom. The van der Waals surface area contributed by atoms with Gasteiger partial charge in [-0.15, -0.1) is 0 Å². The van der Waals surface area contributed by atoms with Gasteiger partial charge in [-0.05, 0) is 24.3 Å². The molecule has 2 aliphatic rings. The number of carbonyl (C=O) groups is 2. The van der Waals surface area contributed by atoms with E-state index in [0.717, 1.165) is 0 Å². The molecule has 10 heteroatoms. The molecule has 36 heavy (non-hydrogen) atoms. The van der Waals surface area contributed by atoms with Crippen LogP contribution in [0.3, 0.4) is 0 Å². The number of fused-ring (bicyclic) bond motifs is 1. The average Bonchev–Trinajstić information content (AvgIpc) is 2.90. The SMILES string of the molecule is COc1cc([C@H]2OC(=O)C[C@H]3[C@@H]2CC(=O)O[C@@H]3c2cc(OC)c(OC)c(OC)c2)cc(OC)c1OC. The van der Waals surface area contributed by atoms with Gasteiger partial charge in [-0.3, -0.25) is 9.59 Å². The number of carbonyl (C=O) groups excluding carboxylic acids is 2. The third-order valence-corrected chi connectivity index (χ3v) is 6.68. The van der Waals surface area contributed by atoms with E-state index in [9.17, 15) is 9.59 Å². The summed E-state index contributed by atoms with van der Waals surface area (Å²) in [7, 11) is 9.06. The normalized spacial score (nSPS) is 23.1. The monoisotopic (exact) mass is 502 g/mol. The summed E-state index contributed by atoms with van der Waals surface area (Å²) in [4.78, 5) is 25.6. The number of hydrogen-bond donors (Lipinski definition) is 0. The lowest BCUT2D eigenvalue weighted by Gasteiger charge is -2.44. The maximum Gasteiger partial charge on any atom is 0.306 e. The molecule has 2 saturated heterocycles. The summed E-state index contributed by atoms with van der Waals surface area (Å²) in [5, 5.41) is 0. The third-order valence-electron chi connectivity index (χ3n) is 6.68. The molecule has 0 N–H and O–H groups in total. The first-order valence-electron chi connectivity index (χ1n) is 11.4. The van der Waals surface area contributed by atoms with Crippen LogP contribution in [0.15, 0.2) is 24.3 Å². The third kappa shape index (κ3) is 4.43. The topological polar surface area (TPSA) is 108 Å². The second-order valence-corrected chi connectivity index (χ2v) is 8.47. The van der Waals surface area contributed by atoms with Crippen LogP contribution >= 0.6 is 0 Å². The van der Waals surface area contributed by atoms with Crippen LogP contribution in [0.5, 0.6) is 34.5 Å². The number of cyclic esters (lactones) is 2. The van der Waals surface area contributed by atoms with Crippen molar-refractivity contribution in [2.45, 2.75) is 25.0 Å². The van der Waals surface area contributed by atoms with Crippen molar-refractivity contribution in [3.63, 3.8) is 0 Å². The van der Waals surface area contributed by atoms with Crippen molar-refractivity contribution >= 4 is 11.9 Å². The van der Waals surface area contributed by atoms with Gasteiger partial charge in [-0.25, -0.2) is 0 Å². The number of ether oxygens (including phenoxy) is 8. The molecule has 2 fully saturated rings. The minimum Gasteiger partial charge on any atom is -0.493 e. The van der Waals surface area contributed by atoms with Crippen LogP contribution in [0, 0.1) is 11.8 Å². The molecular formula is C26H30O10. The summed E-state index contributed by atoms with van der Waals surface area (Å²) in [5.74, 6) is 1.02. The summed E-state index contributed by atoms with van der Waals surface area (Å²) in [6, 6.07) is 6.93. The quantitative estimate of drug-likeness (QED) is 0.497. The molecule has 0 aromatic heterocycles. The molecule has 0 saturated carbocycles. The summed E-state index contributed by atoms with van der Waals surface area (Å²) in [6.45, 7) is 0. The molecule has 194 valence electrons. The Hall–Kier alpha value is -3.82. The van der Waals surface area contributed by atoms with E-state index in [4.69, 9.17) is 37.9 Å². The Morgan fingerprint density at radius 3 is 1.11 bits per heavy atom. The van der Waals surface area contributed by atoms with E-state index in [1.807, 2.05) is 0 Å². The van der Waals surface area contributed by atoms with Crippen LogP contribution < -0.4 is 28.4 Å². The fourth-order valence-electron chi connectivity index (χ4n) is 5.07. The molecule has 4 atom stereocenters. The molecule has 2 aromatic carbocycles. The van der Waals surface area contributed by atoms with Gasteiger partial charge in [0.25, 0.3) is 0 Å². The van der Waals surface area contributed by atoms with Crippen LogP contribution in [0.25, 0.3) is 0 Å². The largest absolute Gasteiger partial charge is 0.493 e. The fraction of sp³-hybridized carbons (Fsp3) is 0.462. The minimum atomic E-state index is -0.720. The van der Waals surface area contributed by atoms with Gasteiger partial charge < -0.3 is 37.9 Å². The Morgan fingerprint density at radius 1 is 0.556 bits per heavy atom. The van der Waals surface area contributed by atoms with Crippen molar-refractivity contribution in [2.24, 2.45) is 11.8 Å². The van der Waals surface area contributed by atoms with Crippen molar-refractivity contribution < 1.29 is 47.5 Å². The zero-order chi connectivity index (χ0) is 26.0. The Kier molecular flexibility index (Phi) is 7.32. The summed E-state index contributed by atoms with van der Waals surface area (Å²) in [5.41, 5.74) is 1.26. The van der Waals surface area contributed by atoms with Gasteiger partial charge >= 0.3 is 11.9 Å². The van der Waals surface area contributed by atoms with Crippen molar-refractivity contribution in [3.8, 4) is 34.5 Å². The molecule has 0 bridgehead atoms. The van der Waals surface area contributed by atoms with Gasteiger partial charge in [0.1, 0.15) is 12.2 Å². The molecule has 2 aromatic rings. The van der Waals surface area contributed by atoms with E-state index in [0.29, 0.717) is 45.6 Å². The molecule has 0 unspecified atom stereocenters. The van der Waals surface area contributed by atoms with Gasteiger partial charge in [-0.1, -0.05) is 0 Å².